The van der Waals surface area contributed by atoms with E-state index in [0.717, 1.165) is 24.3 Å². The summed E-state index contributed by atoms with van der Waals surface area (Å²) in [4.78, 5) is 0. The van der Waals surface area contributed by atoms with Gasteiger partial charge in [-0.3, -0.25) is 0 Å². The molecule has 2 N–H and O–H groups in total. The van der Waals surface area contributed by atoms with Crippen molar-refractivity contribution in [2.24, 2.45) is 11.8 Å². The normalized spacial score (nSPS) is 23.9. The highest BCUT2D eigenvalue weighted by Crippen LogP contribution is 2.33. The summed E-state index contributed by atoms with van der Waals surface area (Å²) in [6.45, 7) is 4.57. The van der Waals surface area contributed by atoms with Gasteiger partial charge in [0.15, 0.2) is 0 Å². The fourth-order valence-electron chi connectivity index (χ4n) is 3.18. The molecule has 0 spiro atoms. The van der Waals surface area contributed by atoms with Crippen LogP contribution in [-0.2, 0) is 0 Å². The van der Waals surface area contributed by atoms with Crippen LogP contribution < -0.4 is 10.1 Å². The lowest BCUT2D eigenvalue weighted by molar-refractivity contribution is 0.220. The molecule has 0 saturated carbocycles. The Morgan fingerprint density at radius 2 is 2.15 bits per heavy atom. The van der Waals surface area contributed by atoms with Crippen molar-refractivity contribution in [1.82, 2.24) is 0 Å². The molecule has 0 saturated heterocycles. The van der Waals surface area contributed by atoms with Crippen molar-refractivity contribution in [3.63, 3.8) is 0 Å². The first-order valence-electron chi connectivity index (χ1n) is 7.31. The number of nitrogens with one attached hydrogen (secondary N) is 1. The van der Waals surface area contributed by atoms with Gasteiger partial charge in [0.2, 0.25) is 0 Å². The molecule has 0 bridgehead atoms. The largest absolute Gasteiger partial charge is 0.495 e. The van der Waals surface area contributed by atoms with E-state index in [4.69, 9.17) is 4.74 Å². The van der Waals surface area contributed by atoms with E-state index >= 15 is 0 Å². The number of benzene rings is 1. The highest BCUT2D eigenvalue weighted by molar-refractivity contribution is 5.56. The van der Waals surface area contributed by atoms with Gasteiger partial charge in [0.1, 0.15) is 5.75 Å². The van der Waals surface area contributed by atoms with Crippen LogP contribution in [0.2, 0.25) is 0 Å². The van der Waals surface area contributed by atoms with E-state index < -0.39 is 0 Å². The van der Waals surface area contributed by atoms with E-state index in [1.54, 1.807) is 7.11 Å². The molecule has 0 radical (unpaired) electrons. The molecule has 2 rings (SSSR count). The smallest absolute Gasteiger partial charge is 0.141 e. The van der Waals surface area contributed by atoms with E-state index in [1.807, 2.05) is 24.3 Å². The van der Waals surface area contributed by atoms with Crippen molar-refractivity contribution >= 4 is 5.69 Å². The molecule has 0 aromatic heterocycles. The Balaban J connectivity index is 2.11. The van der Waals surface area contributed by atoms with Gasteiger partial charge in [-0.1, -0.05) is 30.7 Å². The minimum Gasteiger partial charge on any atom is -0.495 e. The number of aliphatic hydroxyl groups is 1. The molecule has 3 unspecified atom stereocenters. The summed E-state index contributed by atoms with van der Waals surface area (Å²) in [6, 6.07) is 7.93. The number of allylic oxidation sites excluding steroid dienone is 2. The van der Waals surface area contributed by atoms with Crippen LogP contribution in [0.15, 0.2) is 35.9 Å². The Kier molecular flexibility index (Phi) is 5.07. The van der Waals surface area contributed by atoms with Gasteiger partial charge >= 0.3 is 0 Å². The monoisotopic (exact) mass is 275 g/mol. The third-order valence-corrected chi connectivity index (χ3v) is 4.04. The molecule has 0 fully saturated rings. The summed E-state index contributed by atoms with van der Waals surface area (Å²) in [5.74, 6) is 1.87. The number of methoxy groups -OCH3 is 1. The quantitative estimate of drug-likeness (QED) is 0.809. The van der Waals surface area contributed by atoms with Gasteiger partial charge in [-0.25, -0.2) is 0 Å². The molecule has 20 heavy (non-hydrogen) atoms. The summed E-state index contributed by atoms with van der Waals surface area (Å²) >= 11 is 0. The van der Waals surface area contributed by atoms with Crippen LogP contribution >= 0.6 is 0 Å². The zero-order chi connectivity index (χ0) is 14.5. The van der Waals surface area contributed by atoms with Crippen LogP contribution in [0, 0.1) is 11.8 Å². The van der Waals surface area contributed by atoms with Crippen molar-refractivity contribution in [3.05, 3.63) is 35.9 Å². The van der Waals surface area contributed by atoms with Gasteiger partial charge in [-0.05, 0) is 43.7 Å². The van der Waals surface area contributed by atoms with E-state index in [-0.39, 0.29) is 12.6 Å². The number of rotatable bonds is 5. The summed E-state index contributed by atoms with van der Waals surface area (Å²) in [5.41, 5.74) is 2.38. The molecule has 0 aliphatic heterocycles. The SMILES string of the molecule is COc1ccccc1NC(CO)C1CC(C)=CC(C)C1. The minimum absolute atomic E-state index is 0.0670. The second kappa shape index (κ2) is 6.80. The molecule has 3 nitrogen and oxygen atoms in total. The Bertz CT molecular complexity index is 470. The average Bonchev–Trinajstić information content (AvgIpc) is 2.44. The van der Waals surface area contributed by atoms with Crippen LogP contribution in [0.1, 0.15) is 26.7 Å². The molecular weight excluding hydrogens is 250 g/mol. The number of para-hydroxylation sites is 2. The maximum absolute atomic E-state index is 9.75. The summed E-state index contributed by atoms with van der Waals surface area (Å²) in [7, 11) is 1.67. The predicted octanol–water partition coefficient (Wildman–Crippen LogP) is 3.46. The van der Waals surface area contributed by atoms with Gasteiger partial charge in [0.05, 0.1) is 25.4 Å². The Hall–Kier alpha value is -1.48. The number of aliphatic hydroxyl groups excluding tert-OH is 1. The van der Waals surface area contributed by atoms with Crippen molar-refractivity contribution in [2.75, 3.05) is 19.0 Å². The zero-order valence-electron chi connectivity index (χ0n) is 12.6. The van der Waals surface area contributed by atoms with Crippen LogP contribution in [0.3, 0.4) is 0 Å². The number of anilines is 1. The van der Waals surface area contributed by atoms with Crippen LogP contribution in [0.4, 0.5) is 5.69 Å². The van der Waals surface area contributed by atoms with Crippen LogP contribution in [-0.4, -0.2) is 24.9 Å². The highest BCUT2D eigenvalue weighted by atomic mass is 16.5. The second-order valence-electron chi connectivity index (χ2n) is 5.82. The fraction of sp³-hybridized carbons (Fsp3) is 0.529. The molecule has 1 aromatic rings. The highest BCUT2D eigenvalue weighted by Gasteiger charge is 2.26. The van der Waals surface area contributed by atoms with E-state index in [1.165, 1.54) is 5.57 Å². The topological polar surface area (TPSA) is 41.5 Å². The van der Waals surface area contributed by atoms with E-state index in [2.05, 4.69) is 25.2 Å². The Labute approximate surface area is 121 Å². The van der Waals surface area contributed by atoms with Gasteiger partial charge in [-0.2, -0.15) is 0 Å². The Morgan fingerprint density at radius 1 is 1.40 bits per heavy atom. The van der Waals surface area contributed by atoms with Crippen molar-refractivity contribution in [1.29, 1.82) is 0 Å². The summed E-state index contributed by atoms with van der Waals surface area (Å²) < 4.78 is 5.36. The third-order valence-electron chi connectivity index (χ3n) is 4.04. The molecule has 110 valence electrons. The first-order chi connectivity index (χ1) is 9.63. The van der Waals surface area contributed by atoms with Crippen molar-refractivity contribution in [3.8, 4) is 5.75 Å². The fourth-order valence-corrected chi connectivity index (χ4v) is 3.18. The molecule has 3 atom stereocenters. The van der Waals surface area contributed by atoms with Crippen molar-refractivity contribution < 1.29 is 9.84 Å². The lowest BCUT2D eigenvalue weighted by atomic mass is 9.79. The molecule has 3 heteroatoms. The number of hydrogen-bond donors (Lipinski definition) is 2. The van der Waals surface area contributed by atoms with E-state index in [9.17, 15) is 5.11 Å². The second-order valence-corrected chi connectivity index (χ2v) is 5.82. The standard InChI is InChI=1S/C17H25NO2/c1-12-8-13(2)10-14(9-12)16(11-19)18-15-6-4-5-7-17(15)20-3/h4-8,12,14,16,18-19H,9-11H2,1-3H3. The number of ether oxygens (including phenoxy) is 1. The van der Waals surface area contributed by atoms with Gasteiger partial charge in [0.25, 0.3) is 0 Å². The Morgan fingerprint density at radius 3 is 2.80 bits per heavy atom. The van der Waals surface area contributed by atoms with Gasteiger partial charge in [-0.15, -0.1) is 0 Å². The predicted molar refractivity (Wildman–Crippen MR) is 83.1 cm³/mol. The van der Waals surface area contributed by atoms with Crippen LogP contribution in [0.25, 0.3) is 0 Å². The summed E-state index contributed by atoms with van der Waals surface area (Å²) in [6.07, 6.45) is 4.51. The van der Waals surface area contributed by atoms with E-state index in [0.29, 0.717) is 11.8 Å². The maximum atomic E-state index is 9.75. The summed E-state index contributed by atoms with van der Waals surface area (Å²) in [5, 5.41) is 13.2. The molecule has 0 amide bonds. The number of hydrogen-bond acceptors (Lipinski definition) is 3. The first-order valence-corrected chi connectivity index (χ1v) is 7.31. The molecule has 1 aromatic carbocycles. The maximum Gasteiger partial charge on any atom is 0.141 e. The van der Waals surface area contributed by atoms with Gasteiger partial charge in [0, 0.05) is 0 Å². The van der Waals surface area contributed by atoms with Crippen molar-refractivity contribution in [2.45, 2.75) is 32.7 Å². The first kappa shape index (κ1) is 14.9. The van der Waals surface area contributed by atoms with Crippen LogP contribution in [0.5, 0.6) is 5.75 Å². The lowest BCUT2D eigenvalue weighted by Crippen LogP contribution is -2.35. The minimum atomic E-state index is 0.0670. The molecular formula is C17H25NO2. The molecule has 1 aliphatic carbocycles. The average molecular weight is 275 g/mol. The third kappa shape index (κ3) is 3.54. The molecule has 1 aliphatic rings. The zero-order valence-corrected chi connectivity index (χ0v) is 12.6. The lowest BCUT2D eigenvalue weighted by Gasteiger charge is -2.32. The van der Waals surface area contributed by atoms with Gasteiger partial charge < -0.3 is 15.2 Å². The molecule has 0 heterocycles.